The normalized spacial score (nSPS) is 11.3. The van der Waals surface area contributed by atoms with Crippen LogP contribution in [-0.2, 0) is 17.8 Å². The van der Waals surface area contributed by atoms with Gasteiger partial charge in [-0.3, -0.25) is 4.57 Å². The van der Waals surface area contributed by atoms with Gasteiger partial charge in [-0.1, -0.05) is 38.1 Å². The van der Waals surface area contributed by atoms with E-state index in [4.69, 9.17) is 4.57 Å². The summed E-state index contributed by atoms with van der Waals surface area (Å²) in [7, 11) is 3.57. The molecule has 32 heavy (non-hydrogen) atoms. The lowest BCUT2D eigenvalue weighted by Gasteiger charge is -2.14. The molecule has 0 radical (unpaired) electrons. The van der Waals surface area contributed by atoms with Gasteiger partial charge in [0.25, 0.3) is 0 Å². The Bertz CT molecular complexity index is 1220. The average Bonchev–Trinajstić information content (AvgIpc) is 3.15. The second-order valence-electron chi connectivity index (χ2n) is 7.56. The maximum atomic E-state index is 13.6. The first-order valence-electron chi connectivity index (χ1n) is 9.79. The number of hydrogen-bond acceptors (Lipinski definition) is 4. The number of aryl methyl sites for hydroxylation is 1. The van der Waals surface area contributed by atoms with Crippen LogP contribution in [0.25, 0.3) is 22.2 Å². The van der Waals surface area contributed by atoms with Crippen molar-refractivity contribution in [2.24, 2.45) is 7.05 Å². The Morgan fingerprint density at radius 1 is 1.03 bits per heavy atom. The number of alkyl halides is 3. The van der Waals surface area contributed by atoms with Gasteiger partial charge in [-0.25, -0.2) is 9.97 Å². The van der Waals surface area contributed by atoms with Gasteiger partial charge in [-0.2, -0.15) is 13.2 Å². The summed E-state index contributed by atoms with van der Waals surface area (Å²) in [6.07, 6.45) is -1.86. The second kappa shape index (κ2) is 9.49. The number of hydrogen-bond donors (Lipinski definition) is 1. The van der Waals surface area contributed by atoms with Crippen molar-refractivity contribution in [3.8, 4) is 11.3 Å². The van der Waals surface area contributed by atoms with Gasteiger partial charge in [0.05, 0.1) is 5.69 Å². The first-order chi connectivity index (χ1) is 15.2. The molecule has 2 aromatic heterocycles. The van der Waals surface area contributed by atoms with E-state index in [0.717, 1.165) is 17.1 Å². The highest BCUT2D eigenvalue weighted by atomic mass is 31.0. The fourth-order valence-electron chi connectivity index (χ4n) is 3.36. The molecular weight excluding hydrogens is 436 g/mol. The SMILES string of the molecule is CC(C)c1ccc(Nc2ncc(C(F)(F)F)c(-c3ccc4ccn(C)c4c3)n2)cc1.O=P. The molecule has 0 spiro atoms. The molecule has 0 amide bonds. The zero-order valence-electron chi connectivity index (χ0n) is 17.7. The molecule has 2 heterocycles. The molecule has 0 atom stereocenters. The zero-order chi connectivity index (χ0) is 23.5. The van der Waals surface area contributed by atoms with Gasteiger partial charge in [-0.05, 0) is 41.1 Å². The molecule has 0 saturated heterocycles. The van der Waals surface area contributed by atoms with Crippen molar-refractivity contribution >= 4 is 31.7 Å². The van der Waals surface area contributed by atoms with Crippen molar-refractivity contribution in [2.75, 3.05) is 5.32 Å². The molecule has 0 aliphatic heterocycles. The second-order valence-corrected chi connectivity index (χ2v) is 7.56. The minimum atomic E-state index is -4.56. The highest BCUT2D eigenvalue weighted by Gasteiger charge is 2.35. The molecule has 1 N–H and O–H groups in total. The number of anilines is 2. The summed E-state index contributed by atoms with van der Waals surface area (Å²) in [6, 6.07) is 14.8. The van der Waals surface area contributed by atoms with Crippen molar-refractivity contribution in [3.63, 3.8) is 0 Å². The van der Waals surface area contributed by atoms with Crippen LogP contribution >= 0.6 is 9.12 Å². The van der Waals surface area contributed by atoms with E-state index < -0.39 is 11.7 Å². The molecule has 0 unspecified atom stereocenters. The fraction of sp³-hybridized carbons (Fsp3) is 0.217. The van der Waals surface area contributed by atoms with Crippen molar-refractivity contribution in [3.05, 3.63) is 72.1 Å². The minimum Gasteiger partial charge on any atom is -0.351 e. The Morgan fingerprint density at radius 3 is 2.34 bits per heavy atom. The van der Waals surface area contributed by atoms with Crippen LogP contribution in [0.4, 0.5) is 24.8 Å². The first kappa shape index (κ1) is 23.4. The Hall–Kier alpha value is -3.25. The van der Waals surface area contributed by atoms with Crippen molar-refractivity contribution < 1.29 is 17.7 Å². The lowest BCUT2D eigenvalue weighted by molar-refractivity contribution is -0.137. The molecule has 0 bridgehead atoms. The van der Waals surface area contributed by atoms with Crippen LogP contribution in [0.1, 0.15) is 30.9 Å². The van der Waals surface area contributed by atoms with Crippen LogP contribution in [0.3, 0.4) is 0 Å². The summed E-state index contributed by atoms with van der Waals surface area (Å²) in [4.78, 5) is 8.14. The number of benzene rings is 2. The standard InChI is InChI=1S/C23H21F3N4.HOP/c1-14(2)15-6-8-18(9-7-15)28-22-27-13-19(23(24,25)26)21(29-22)17-5-4-16-10-11-30(3)20(16)12-17;1-2/h4-14H,1-3H3,(H,27,28,29);2H. The van der Waals surface area contributed by atoms with Crippen molar-refractivity contribution in [2.45, 2.75) is 25.9 Å². The van der Waals surface area contributed by atoms with Crippen LogP contribution in [0.2, 0.25) is 0 Å². The van der Waals surface area contributed by atoms with Gasteiger partial charge in [-0.15, -0.1) is 0 Å². The van der Waals surface area contributed by atoms with E-state index in [0.29, 0.717) is 17.2 Å². The topological polar surface area (TPSA) is 59.8 Å². The predicted molar refractivity (Wildman–Crippen MR) is 122 cm³/mol. The van der Waals surface area contributed by atoms with Crippen LogP contribution in [0, 0.1) is 0 Å². The highest BCUT2D eigenvalue weighted by molar-refractivity contribution is 7.00. The third kappa shape index (κ3) is 4.97. The number of halogens is 3. The molecule has 0 saturated carbocycles. The smallest absolute Gasteiger partial charge is 0.351 e. The fourth-order valence-corrected chi connectivity index (χ4v) is 3.36. The number of nitrogens with one attached hydrogen (secondary N) is 1. The quantitative estimate of drug-likeness (QED) is 0.335. The largest absolute Gasteiger partial charge is 0.419 e. The number of aromatic nitrogens is 3. The lowest BCUT2D eigenvalue weighted by atomic mass is 10.0. The van der Waals surface area contributed by atoms with Gasteiger partial charge >= 0.3 is 6.18 Å². The van der Waals surface area contributed by atoms with Gasteiger partial charge in [0.15, 0.2) is 0 Å². The van der Waals surface area contributed by atoms with Crippen LogP contribution < -0.4 is 5.32 Å². The minimum absolute atomic E-state index is 0.113. The monoisotopic (exact) mass is 458 g/mol. The maximum absolute atomic E-state index is 13.6. The van der Waals surface area contributed by atoms with E-state index in [-0.39, 0.29) is 11.6 Å². The summed E-state index contributed by atoms with van der Waals surface area (Å²) in [6.45, 7) is 4.19. The third-order valence-corrected chi connectivity index (χ3v) is 5.09. The summed E-state index contributed by atoms with van der Waals surface area (Å²) in [5.74, 6) is 0.502. The highest BCUT2D eigenvalue weighted by Crippen LogP contribution is 2.37. The summed E-state index contributed by atoms with van der Waals surface area (Å²) < 4.78 is 50.8. The van der Waals surface area contributed by atoms with E-state index in [2.05, 4.69) is 29.1 Å². The lowest BCUT2D eigenvalue weighted by Crippen LogP contribution is -2.11. The summed E-state index contributed by atoms with van der Waals surface area (Å²) in [5, 5.41) is 3.96. The third-order valence-electron chi connectivity index (χ3n) is 5.09. The number of fused-ring (bicyclic) bond motifs is 1. The Kier molecular flexibility index (Phi) is 6.94. The van der Waals surface area contributed by atoms with E-state index in [1.807, 2.05) is 48.1 Å². The maximum Gasteiger partial charge on any atom is 0.419 e. The van der Waals surface area contributed by atoms with Crippen molar-refractivity contribution in [1.82, 2.24) is 14.5 Å². The van der Waals surface area contributed by atoms with Crippen LogP contribution in [-0.4, -0.2) is 14.5 Å². The van der Waals surface area contributed by atoms with Gasteiger partial charge in [0.2, 0.25) is 5.95 Å². The van der Waals surface area contributed by atoms with Gasteiger partial charge in [0, 0.05) is 36.2 Å². The molecule has 0 aliphatic rings. The van der Waals surface area contributed by atoms with E-state index in [9.17, 15) is 13.2 Å². The molecule has 0 aliphatic carbocycles. The first-order valence-corrected chi connectivity index (χ1v) is 10.2. The van der Waals surface area contributed by atoms with E-state index >= 15 is 0 Å². The Morgan fingerprint density at radius 2 is 1.72 bits per heavy atom. The Labute approximate surface area is 185 Å². The van der Waals surface area contributed by atoms with E-state index in [1.54, 1.807) is 27.3 Å². The van der Waals surface area contributed by atoms with Crippen LogP contribution in [0.15, 0.2) is 60.9 Å². The molecule has 2 aromatic carbocycles. The molecule has 0 fully saturated rings. The van der Waals surface area contributed by atoms with E-state index in [1.165, 1.54) is 5.56 Å². The molecule has 166 valence electrons. The molecule has 9 heteroatoms. The molecule has 4 rings (SSSR count). The molecule has 4 aromatic rings. The molecular formula is C23H22F3N4OP. The number of nitrogens with zero attached hydrogens (tertiary/aromatic N) is 3. The summed E-state index contributed by atoms with van der Waals surface area (Å²) in [5.41, 5.74) is 2.09. The zero-order valence-corrected chi connectivity index (χ0v) is 18.7. The Balaban J connectivity index is 0.00000141. The van der Waals surface area contributed by atoms with Crippen molar-refractivity contribution in [1.29, 1.82) is 0 Å². The predicted octanol–water partition coefficient (Wildman–Crippen LogP) is 7.00. The number of rotatable bonds is 4. The summed E-state index contributed by atoms with van der Waals surface area (Å²) >= 11 is 0. The van der Waals surface area contributed by atoms with Gasteiger partial charge < -0.3 is 9.88 Å². The molecule has 5 nitrogen and oxygen atoms in total. The van der Waals surface area contributed by atoms with Gasteiger partial charge in [0.1, 0.15) is 14.7 Å². The average molecular weight is 458 g/mol. The van der Waals surface area contributed by atoms with Crippen LogP contribution in [0.5, 0.6) is 0 Å².